The third-order valence-corrected chi connectivity index (χ3v) is 3.52. The maximum atomic E-state index is 12.2. The molecule has 20 heavy (non-hydrogen) atoms. The van der Waals surface area contributed by atoms with Gasteiger partial charge in [-0.3, -0.25) is 9.48 Å². The van der Waals surface area contributed by atoms with Crippen LogP contribution < -0.4 is 5.32 Å². The Labute approximate surface area is 117 Å². The van der Waals surface area contributed by atoms with E-state index in [9.17, 15) is 9.59 Å². The molecule has 0 spiro atoms. The van der Waals surface area contributed by atoms with Crippen molar-refractivity contribution in [2.75, 3.05) is 6.54 Å². The van der Waals surface area contributed by atoms with Gasteiger partial charge in [-0.25, -0.2) is 4.79 Å². The van der Waals surface area contributed by atoms with Gasteiger partial charge in [0.15, 0.2) is 0 Å². The first-order chi connectivity index (χ1) is 9.56. The molecule has 1 aromatic heterocycles. The van der Waals surface area contributed by atoms with Crippen LogP contribution >= 0.6 is 0 Å². The maximum absolute atomic E-state index is 12.2. The topological polar surface area (TPSA) is 87.5 Å². The number of nitrogens with one attached hydrogen (secondary N) is 1. The number of carbonyl (C=O) groups excluding carboxylic acids is 1. The van der Waals surface area contributed by atoms with E-state index in [-0.39, 0.29) is 18.6 Å². The second-order valence-corrected chi connectivity index (χ2v) is 5.10. The number of amides is 2. The van der Waals surface area contributed by atoms with Gasteiger partial charge in [-0.15, -0.1) is 0 Å². The molecule has 7 heteroatoms. The predicted molar refractivity (Wildman–Crippen MR) is 72.0 cm³/mol. The minimum Gasteiger partial charge on any atom is -0.480 e. The van der Waals surface area contributed by atoms with Gasteiger partial charge in [0.2, 0.25) is 0 Å². The molecule has 0 atom stereocenters. The van der Waals surface area contributed by atoms with Crippen molar-refractivity contribution in [2.45, 2.75) is 38.3 Å². The van der Waals surface area contributed by atoms with Gasteiger partial charge in [0, 0.05) is 19.3 Å². The van der Waals surface area contributed by atoms with Gasteiger partial charge in [-0.2, -0.15) is 5.10 Å². The number of rotatable bonds is 5. The normalized spacial score (nSPS) is 15.2. The Morgan fingerprint density at radius 3 is 2.75 bits per heavy atom. The second-order valence-electron chi connectivity index (χ2n) is 5.10. The van der Waals surface area contributed by atoms with Crippen molar-refractivity contribution < 1.29 is 14.7 Å². The number of aliphatic carboxylic acids is 1. The minimum atomic E-state index is -0.982. The Morgan fingerprint density at radius 1 is 1.50 bits per heavy atom. The first-order valence-corrected chi connectivity index (χ1v) is 6.81. The minimum absolute atomic E-state index is 0.0369. The molecule has 2 amide bonds. The SMILES string of the molecule is Cn1ccc(CNC(=O)N(CC(=O)O)C2CCCC2)n1. The van der Waals surface area contributed by atoms with E-state index in [1.807, 2.05) is 6.07 Å². The van der Waals surface area contributed by atoms with Crippen LogP contribution in [0.25, 0.3) is 0 Å². The fourth-order valence-corrected chi connectivity index (χ4v) is 2.55. The molecule has 0 radical (unpaired) electrons. The van der Waals surface area contributed by atoms with Crippen molar-refractivity contribution in [1.29, 1.82) is 0 Å². The summed E-state index contributed by atoms with van der Waals surface area (Å²) in [4.78, 5) is 24.5. The molecule has 1 aromatic rings. The van der Waals surface area contributed by atoms with Crippen LogP contribution in [-0.2, 0) is 18.4 Å². The lowest BCUT2D eigenvalue weighted by atomic mass is 10.2. The van der Waals surface area contributed by atoms with Crippen molar-refractivity contribution in [3.8, 4) is 0 Å². The maximum Gasteiger partial charge on any atom is 0.323 e. The second kappa shape index (κ2) is 6.40. The average Bonchev–Trinajstić information content (AvgIpc) is 3.04. The molecule has 0 unspecified atom stereocenters. The van der Waals surface area contributed by atoms with Crippen molar-refractivity contribution in [3.63, 3.8) is 0 Å². The smallest absolute Gasteiger partial charge is 0.323 e. The first kappa shape index (κ1) is 14.4. The lowest BCUT2D eigenvalue weighted by molar-refractivity contribution is -0.138. The molecule has 1 heterocycles. The Bertz CT molecular complexity index is 480. The molecule has 0 aromatic carbocycles. The van der Waals surface area contributed by atoms with E-state index in [1.165, 1.54) is 4.90 Å². The highest BCUT2D eigenvalue weighted by atomic mass is 16.4. The average molecular weight is 280 g/mol. The molecule has 1 aliphatic carbocycles. The quantitative estimate of drug-likeness (QED) is 0.841. The van der Waals surface area contributed by atoms with Crippen molar-refractivity contribution >= 4 is 12.0 Å². The molecule has 110 valence electrons. The summed E-state index contributed by atoms with van der Waals surface area (Å²) in [7, 11) is 1.81. The highest BCUT2D eigenvalue weighted by Crippen LogP contribution is 2.23. The molecular formula is C13H20N4O3. The Hall–Kier alpha value is -2.05. The van der Waals surface area contributed by atoms with E-state index < -0.39 is 5.97 Å². The Balaban J connectivity index is 1.93. The largest absolute Gasteiger partial charge is 0.480 e. The number of hydrogen-bond acceptors (Lipinski definition) is 3. The zero-order valence-corrected chi connectivity index (χ0v) is 11.6. The van der Waals surface area contributed by atoms with E-state index in [0.717, 1.165) is 31.4 Å². The number of carboxylic acid groups (broad SMARTS) is 1. The van der Waals surface area contributed by atoms with Gasteiger partial charge in [0.25, 0.3) is 0 Å². The zero-order chi connectivity index (χ0) is 14.5. The van der Waals surface area contributed by atoms with Crippen molar-refractivity contribution in [2.24, 2.45) is 7.05 Å². The molecule has 0 saturated heterocycles. The summed E-state index contributed by atoms with van der Waals surface area (Å²) in [6.45, 7) is 0.0568. The van der Waals surface area contributed by atoms with Crippen LogP contribution in [0, 0.1) is 0 Å². The third-order valence-electron chi connectivity index (χ3n) is 3.52. The predicted octanol–water partition coefficient (Wildman–Crippen LogP) is 0.959. The van der Waals surface area contributed by atoms with Gasteiger partial charge in [0.1, 0.15) is 6.54 Å². The summed E-state index contributed by atoms with van der Waals surface area (Å²) in [5.74, 6) is -0.982. The summed E-state index contributed by atoms with van der Waals surface area (Å²) in [6, 6.07) is 1.52. The summed E-state index contributed by atoms with van der Waals surface area (Å²) < 4.78 is 1.66. The number of nitrogens with zero attached hydrogens (tertiary/aromatic N) is 3. The highest BCUT2D eigenvalue weighted by Gasteiger charge is 2.28. The van der Waals surface area contributed by atoms with E-state index in [0.29, 0.717) is 6.54 Å². The molecule has 7 nitrogen and oxygen atoms in total. The van der Waals surface area contributed by atoms with Crippen LogP contribution in [0.5, 0.6) is 0 Å². The highest BCUT2D eigenvalue weighted by molar-refractivity contribution is 5.80. The number of carboxylic acids is 1. The summed E-state index contributed by atoms with van der Waals surface area (Å²) in [6.07, 6.45) is 5.66. The number of hydrogen-bond donors (Lipinski definition) is 2. The fourth-order valence-electron chi connectivity index (χ4n) is 2.55. The van der Waals surface area contributed by atoms with Crippen LogP contribution in [0.15, 0.2) is 12.3 Å². The van der Waals surface area contributed by atoms with E-state index in [1.54, 1.807) is 17.9 Å². The Morgan fingerprint density at radius 2 is 2.20 bits per heavy atom. The van der Waals surface area contributed by atoms with Gasteiger partial charge in [0.05, 0.1) is 12.2 Å². The van der Waals surface area contributed by atoms with E-state index in [2.05, 4.69) is 10.4 Å². The molecule has 2 rings (SSSR count). The van der Waals surface area contributed by atoms with Crippen LogP contribution in [0.2, 0.25) is 0 Å². The lowest BCUT2D eigenvalue weighted by Gasteiger charge is -2.27. The van der Waals surface area contributed by atoms with Gasteiger partial charge in [-0.05, 0) is 18.9 Å². The standard InChI is InChI=1S/C13H20N4O3/c1-16-7-6-10(15-16)8-14-13(20)17(9-12(18)19)11-4-2-3-5-11/h6-7,11H,2-5,8-9H2,1H3,(H,14,20)(H,18,19). The zero-order valence-electron chi connectivity index (χ0n) is 11.6. The lowest BCUT2D eigenvalue weighted by Crippen LogP contribution is -2.47. The van der Waals surface area contributed by atoms with Gasteiger partial charge < -0.3 is 15.3 Å². The number of urea groups is 1. The molecular weight excluding hydrogens is 260 g/mol. The van der Waals surface area contributed by atoms with Gasteiger partial charge >= 0.3 is 12.0 Å². The summed E-state index contributed by atoms with van der Waals surface area (Å²) in [5.41, 5.74) is 0.752. The van der Waals surface area contributed by atoms with Crippen molar-refractivity contribution in [3.05, 3.63) is 18.0 Å². The molecule has 0 bridgehead atoms. The van der Waals surface area contributed by atoms with E-state index >= 15 is 0 Å². The first-order valence-electron chi connectivity index (χ1n) is 6.81. The fraction of sp³-hybridized carbons (Fsp3) is 0.615. The number of aromatic nitrogens is 2. The summed E-state index contributed by atoms with van der Waals surface area (Å²) in [5, 5.41) is 15.9. The number of aryl methyl sites for hydroxylation is 1. The third kappa shape index (κ3) is 3.72. The molecule has 0 aliphatic heterocycles. The Kier molecular flexibility index (Phi) is 4.60. The summed E-state index contributed by atoms with van der Waals surface area (Å²) >= 11 is 0. The monoisotopic (exact) mass is 280 g/mol. The molecule has 2 N–H and O–H groups in total. The molecule has 1 saturated carbocycles. The van der Waals surface area contributed by atoms with Gasteiger partial charge in [-0.1, -0.05) is 12.8 Å². The van der Waals surface area contributed by atoms with E-state index in [4.69, 9.17) is 5.11 Å². The van der Waals surface area contributed by atoms with Crippen LogP contribution in [0.3, 0.4) is 0 Å². The van der Waals surface area contributed by atoms with Crippen LogP contribution in [0.1, 0.15) is 31.4 Å². The van der Waals surface area contributed by atoms with Crippen LogP contribution in [0.4, 0.5) is 4.79 Å². The number of carbonyl (C=O) groups is 2. The van der Waals surface area contributed by atoms with Crippen molar-refractivity contribution in [1.82, 2.24) is 20.0 Å². The molecule has 1 fully saturated rings. The van der Waals surface area contributed by atoms with Crippen LogP contribution in [-0.4, -0.2) is 44.4 Å². The molecule has 1 aliphatic rings.